The van der Waals surface area contributed by atoms with Crippen LogP contribution in [-0.4, -0.2) is 24.0 Å². The van der Waals surface area contributed by atoms with Crippen LogP contribution in [-0.2, 0) is 22.4 Å². The molecule has 1 rings (SSSR count). The van der Waals surface area contributed by atoms with Gasteiger partial charge in [0.2, 0.25) is 0 Å². The molecular formula is C12H12F2O4. The number of rotatable bonds is 7. The SMILES string of the molecule is O=CCCc1cccc(OC(F)F)c1CC(=O)O. The summed E-state index contributed by atoms with van der Waals surface area (Å²) < 4.78 is 28.7. The van der Waals surface area contributed by atoms with Gasteiger partial charge >= 0.3 is 12.6 Å². The van der Waals surface area contributed by atoms with Crippen LogP contribution in [0.2, 0.25) is 0 Å². The monoisotopic (exact) mass is 258 g/mol. The van der Waals surface area contributed by atoms with E-state index in [0.29, 0.717) is 18.3 Å². The first-order valence-corrected chi connectivity index (χ1v) is 5.25. The molecule has 0 heterocycles. The zero-order chi connectivity index (χ0) is 13.5. The van der Waals surface area contributed by atoms with E-state index >= 15 is 0 Å². The number of ether oxygens (including phenoxy) is 1. The molecule has 0 bridgehead atoms. The molecule has 4 nitrogen and oxygen atoms in total. The molecule has 1 N–H and O–H groups in total. The number of aryl methyl sites for hydroxylation is 1. The molecule has 6 heteroatoms. The predicted octanol–water partition coefficient (Wildman–Crippen LogP) is 2.05. The predicted molar refractivity (Wildman–Crippen MR) is 58.8 cm³/mol. The van der Waals surface area contributed by atoms with E-state index in [0.717, 1.165) is 0 Å². The van der Waals surface area contributed by atoms with E-state index in [9.17, 15) is 18.4 Å². The van der Waals surface area contributed by atoms with Crippen molar-refractivity contribution >= 4 is 12.3 Å². The largest absolute Gasteiger partial charge is 0.481 e. The smallest absolute Gasteiger partial charge is 0.387 e. The van der Waals surface area contributed by atoms with Gasteiger partial charge in [-0.1, -0.05) is 12.1 Å². The second kappa shape index (κ2) is 6.68. The van der Waals surface area contributed by atoms with Gasteiger partial charge in [-0.05, 0) is 18.1 Å². The van der Waals surface area contributed by atoms with Crippen molar-refractivity contribution in [3.8, 4) is 5.75 Å². The van der Waals surface area contributed by atoms with Gasteiger partial charge in [0.05, 0.1) is 6.42 Å². The van der Waals surface area contributed by atoms with Gasteiger partial charge in [0.25, 0.3) is 0 Å². The second-order valence-corrected chi connectivity index (χ2v) is 3.55. The molecular weight excluding hydrogens is 246 g/mol. The summed E-state index contributed by atoms with van der Waals surface area (Å²) in [5.41, 5.74) is 0.717. The third kappa shape index (κ3) is 4.12. The average Bonchev–Trinajstić information content (AvgIpc) is 2.28. The summed E-state index contributed by atoms with van der Waals surface area (Å²) in [7, 11) is 0. The standard InChI is InChI=1S/C12H12F2O4/c13-12(14)18-10-5-1-3-8(4-2-6-15)9(10)7-11(16)17/h1,3,5-6,12H,2,4,7H2,(H,16,17). The van der Waals surface area contributed by atoms with Crippen molar-refractivity contribution in [1.29, 1.82) is 0 Å². The Hall–Kier alpha value is -1.98. The molecule has 0 radical (unpaired) electrons. The number of carboxylic acid groups (broad SMARTS) is 1. The highest BCUT2D eigenvalue weighted by Gasteiger charge is 2.15. The molecule has 0 atom stereocenters. The number of carbonyl (C=O) groups is 2. The van der Waals surface area contributed by atoms with E-state index in [2.05, 4.69) is 4.74 Å². The molecule has 18 heavy (non-hydrogen) atoms. The summed E-state index contributed by atoms with van der Waals surface area (Å²) in [5, 5.41) is 8.76. The van der Waals surface area contributed by atoms with E-state index < -0.39 is 19.0 Å². The lowest BCUT2D eigenvalue weighted by atomic mass is 9.99. The molecule has 1 aromatic rings. The van der Waals surface area contributed by atoms with Gasteiger partial charge in [0.15, 0.2) is 0 Å². The topological polar surface area (TPSA) is 63.6 Å². The van der Waals surface area contributed by atoms with Crippen molar-refractivity contribution in [2.45, 2.75) is 25.9 Å². The summed E-state index contributed by atoms with van der Waals surface area (Å²) in [6, 6.07) is 4.37. The lowest BCUT2D eigenvalue weighted by Crippen LogP contribution is -2.10. The lowest BCUT2D eigenvalue weighted by molar-refractivity contribution is -0.136. The van der Waals surface area contributed by atoms with Crippen molar-refractivity contribution in [1.82, 2.24) is 0 Å². The number of alkyl halides is 2. The second-order valence-electron chi connectivity index (χ2n) is 3.55. The Kier molecular flexibility index (Phi) is 5.23. The summed E-state index contributed by atoms with van der Waals surface area (Å²) in [6.45, 7) is -3.01. The van der Waals surface area contributed by atoms with Crippen LogP contribution in [0.4, 0.5) is 8.78 Å². The Bertz CT molecular complexity index is 432. The van der Waals surface area contributed by atoms with Gasteiger partial charge in [-0.15, -0.1) is 0 Å². The first kappa shape index (κ1) is 14.1. The van der Waals surface area contributed by atoms with E-state index in [-0.39, 0.29) is 17.7 Å². The summed E-state index contributed by atoms with van der Waals surface area (Å²) in [6.07, 6.45) is 0.763. The fourth-order valence-electron chi connectivity index (χ4n) is 1.62. The van der Waals surface area contributed by atoms with Crippen LogP contribution in [0.1, 0.15) is 17.5 Å². The third-order valence-electron chi connectivity index (χ3n) is 2.31. The van der Waals surface area contributed by atoms with E-state index in [1.54, 1.807) is 6.07 Å². The molecule has 98 valence electrons. The molecule has 1 aromatic carbocycles. The fourth-order valence-corrected chi connectivity index (χ4v) is 1.62. The van der Waals surface area contributed by atoms with Gasteiger partial charge < -0.3 is 14.6 Å². The van der Waals surface area contributed by atoms with Crippen LogP contribution >= 0.6 is 0 Å². The van der Waals surface area contributed by atoms with E-state index in [4.69, 9.17) is 5.11 Å². The molecule has 0 aliphatic carbocycles. The molecule has 0 unspecified atom stereocenters. The van der Waals surface area contributed by atoms with Crippen LogP contribution in [0.25, 0.3) is 0 Å². The van der Waals surface area contributed by atoms with Crippen molar-refractivity contribution < 1.29 is 28.2 Å². The molecule has 0 aliphatic heterocycles. The number of benzene rings is 1. The third-order valence-corrected chi connectivity index (χ3v) is 2.31. The van der Waals surface area contributed by atoms with Crippen molar-refractivity contribution in [2.24, 2.45) is 0 Å². The lowest BCUT2D eigenvalue weighted by Gasteiger charge is -2.13. The van der Waals surface area contributed by atoms with Crippen LogP contribution < -0.4 is 4.74 Å². The molecule has 0 aromatic heterocycles. The number of carboxylic acids is 1. The van der Waals surface area contributed by atoms with Gasteiger partial charge in [0, 0.05) is 12.0 Å². The van der Waals surface area contributed by atoms with Crippen molar-refractivity contribution in [3.05, 3.63) is 29.3 Å². The quantitative estimate of drug-likeness (QED) is 0.760. The van der Waals surface area contributed by atoms with Gasteiger partial charge in [0.1, 0.15) is 12.0 Å². The van der Waals surface area contributed by atoms with Crippen LogP contribution in [0, 0.1) is 0 Å². The summed E-state index contributed by atoms with van der Waals surface area (Å²) in [4.78, 5) is 21.0. The van der Waals surface area contributed by atoms with Gasteiger partial charge in [-0.25, -0.2) is 0 Å². The number of halogens is 2. The van der Waals surface area contributed by atoms with Crippen molar-refractivity contribution in [3.63, 3.8) is 0 Å². The summed E-state index contributed by atoms with van der Waals surface area (Å²) in [5.74, 6) is -1.30. The number of carbonyl (C=O) groups excluding carboxylic acids is 1. The first-order chi connectivity index (χ1) is 8.54. The van der Waals surface area contributed by atoms with Gasteiger partial charge in [-0.3, -0.25) is 4.79 Å². The molecule has 0 spiro atoms. The van der Waals surface area contributed by atoms with Gasteiger partial charge in [-0.2, -0.15) is 8.78 Å². The fraction of sp³-hybridized carbons (Fsp3) is 0.333. The van der Waals surface area contributed by atoms with Crippen LogP contribution in [0.15, 0.2) is 18.2 Å². The van der Waals surface area contributed by atoms with Crippen LogP contribution in [0.3, 0.4) is 0 Å². The summed E-state index contributed by atoms with van der Waals surface area (Å²) >= 11 is 0. The zero-order valence-corrected chi connectivity index (χ0v) is 9.44. The zero-order valence-electron chi connectivity index (χ0n) is 9.44. The maximum absolute atomic E-state index is 12.2. The Morgan fingerprint density at radius 2 is 2.17 bits per heavy atom. The number of hydrogen-bond donors (Lipinski definition) is 1. The normalized spacial score (nSPS) is 10.4. The van der Waals surface area contributed by atoms with E-state index in [1.165, 1.54) is 12.1 Å². The highest BCUT2D eigenvalue weighted by atomic mass is 19.3. The van der Waals surface area contributed by atoms with E-state index in [1.807, 2.05) is 0 Å². The maximum atomic E-state index is 12.2. The Morgan fingerprint density at radius 1 is 1.44 bits per heavy atom. The first-order valence-electron chi connectivity index (χ1n) is 5.25. The highest BCUT2D eigenvalue weighted by molar-refractivity contribution is 5.72. The number of hydrogen-bond acceptors (Lipinski definition) is 3. The number of aliphatic carboxylic acids is 1. The Labute approximate surface area is 102 Å². The Morgan fingerprint density at radius 3 is 2.72 bits per heavy atom. The maximum Gasteiger partial charge on any atom is 0.387 e. The molecule has 0 saturated carbocycles. The van der Waals surface area contributed by atoms with Crippen molar-refractivity contribution in [2.75, 3.05) is 0 Å². The highest BCUT2D eigenvalue weighted by Crippen LogP contribution is 2.25. The molecule has 0 aliphatic rings. The molecule has 0 saturated heterocycles. The molecule has 0 amide bonds. The minimum atomic E-state index is -3.01. The average molecular weight is 258 g/mol. The minimum absolute atomic E-state index is 0.157. The Balaban J connectivity index is 3.07. The van der Waals surface area contributed by atoms with Crippen LogP contribution in [0.5, 0.6) is 5.75 Å². The minimum Gasteiger partial charge on any atom is -0.481 e. The number of aldehydes is 1. The molecule has 0 fully saturated rings.